The fourth-order valence-electron chi connectivity index (χ4n) is 2.75. The maximum Gasteiger partial charge on any atom is 0.262 e. The molecule has 3 heterocycles. The third-order valence-electron chi connectivity index (χ3n) is 4.04. The molecule has 2 aromatic rings. The molecule has 0 aliphatic carbocycles. The lowest BCUT2D eigenvalue weighted by Crippen LogP contribution is -2.50. The van der Waals surface area contributed by atoms with Gasteiger partial charge in [-0.05, 0) is 25.8 Å². The standard InChI is InChI=1S/C14H18N4O3/c1-7-3-4-15-5-9(7)18-13(20)10-8(2)21-14-11(10)12(19)16-6-17-14/h6-7,9,15H,3-5H2,1-2H3,(H,18,20)(H,16,17,19). The number of piperidine rings is 1. The summed E-state index contributed by atoms with van der Waals surface area (Å²) in [5.74, 6) is 0.513. The fourth-order valence-corrected chi connectivity index (χ4v) is 2.75. The molecule has 112 valence electrons. The van der Waals surface area contributed by atoms with Gasteiger partial charge in [0.2, 0.25) is 5.71 Å². The average molecular weight is 290 g/mol. The molecule has 1 aliphatic rings. The van der Waals surface area contributed by atoms with Crippen LogP contribution in [0.3, 0.4) is 0 Å². The number of hydrogen-bond acceptors (Lipinski definition) is 5. The number of aromatic amines is 1. The molecule has 1 amide bonds. The van der Waals surface area contributed by atoms with Crippen LogP contribution >= 0.6 is 0 Å². The Morgan fingerprint density at radius 2 is 2.33 bits per heavy atom. The Kier molecular flexibility index (Phi) is 3.50. The molecule has 21 heavy (non-hydrogen) atoms. The van der Waals surface area contributed by atoms with Crippen molar-refractivity contribution >= 4 is 17.0 Å². The number of H-pyrrole nitrogens is 1. The summed E-state index contributed by atoms with van der Waals surface area (Å²) in [5, 5.41) is 6.46. The second-order valence-electron chi connectivity index (χ2n) is 5.50. The smallest absolute Gasteiger partial charge is 0.262 e. The highest BCUT2D eigenvalue weighted by molar-refractivity contribution is 6.06. The maximum atomic E-state index is 12.5. The van der Waals surface area contributed by atoms with E-state index in [1.54, 1.807) is 6.92 Å². The Hall–Kier alpha value is -2.15. The van der Waals surface area contributed by atoms with Crippen molar-refractivity contribution in [2.75, 3.05) is 13.1 Å². The number of nitrogens with one attached hydrogen (secondary N) is 3. The lowest BCUT2D eigenvalue weighted by atomic mass is 9.94. The van der Waals surface area contributed by atoms with E-state index < -0.39 is 0 Å². The van der Waals surface area contributed by atoms with Crippen molar-refractivity contribution in [1.29, 1.82) is 0 Å². The van der Waals surface area contributed by atoms with Crippen LogP contribution in [0.2, 0.25) is 0 Å². The van der Waals surface area contributed by atoms with Gasteiger partial charge in [0.05, 0.1) is 11.9 Å². The van der Waals surface area contributed by atoms with Crippen LogP contribution in [-0.4, -0.2) is 35.0 Å². The van der Waals surface area contributed by atoms with Crippen LogP contribution in [0.4, 0.5) is 0 Å². The minimum absolute atomic E-state index is 0.0475. The van der Waals surface area contributed by atoms with Gasteiger partial charge in [-0.2, -0.15) is 0 Å². The Morgan fingerprint density at radius 3 is 3.10 bits per heavy atom. The highest BCUT2D eigenvalue weighted by Crippen LogP contribution is 2.21. The number of fused-ring (bicyclic) bond motifs is 1. The monoisotopic (exact) mass is 290 g/mol. The van der Waals surface area contributed by atoms with Crippen LogP contribution in [0.15, 0.2) is 15.5 Å². The number of nitrogens with zero attached hydrogens (tertiary/aromatic N) is 1. The minimum Gasteiger partial charge on any atom is -0.442 e. The molecule has 0 aromatic carbocycles. The predicted molar refractivity (Wildman–Crippen MR) is 77.3 cm³/mol. The van der Waals surface area contributed by atoms with Gasteiger partial charge in [-0.1, -0.05) is 6.92 Å². The summed E-state index contributed by atoms with van der Waals surface area (Å²) in [6.45, 7) is 5.47. The van der Waals surface area contributed by atoms with E-state index in [0.29, 0.717) is 11.7 Å². The van der Waals surface area contributed by atoms with Gasteiger partial charge >= 0.3 is 0 Å². The molecule has 3 N–H and O–H groups in total. The number of carbonyl (C=O) groups excluding carboxylic acids is 1. The second kappa shape index (κ2) is 5.33. The van der Waals surface area contributed by atoms with E-state index in [1.165, 1.54) is 6.33 Å². The summed E-state index contributed by atoms with van der Waals surface area (Å²) >= 11 is 0. The predicted octanol–water partition coefficient (Wildman–Crippen LogP) is 0.552. The number of amides is 1. The van der Waals surface area contributed by atoms with Crippen molar-refractivity contribution in [3.05, 3.63) is 28.0 Å². The van der Waals surface area contributed by atoms with Crippen LogP contribution in [0, 0.1) is 12.8 Å². The topological polar surface area (TPSA) is 100 Å². The van der Waals surface area contributed by atoms with Crippen molar-refractivity contribution in [1.82, 2.24) is 20.6 Å². The number of hydrogen-bond donors (Lipinski definition) is 3. The summed E-state index contributed by atoms with van der Waals surface area (Å²) in [5.41, 5.74) is 0.102. The minimum atomic E-state index is -0.364. The zero-order chi connectivity index (χ0) is 15.0. The molecule has 0 radical (unpaired) electrons. The van der Waals surface area contributed by atoms with Crippen LogP contribution < -0.4 is 16.2 Å². The SMILES string of the molecule is Cc1oc2nc[nH]c(=O)c2c1C(=O)NC1CNCCC1C. The molecule has 1 aliphatic heterocycles. The lowest BCUT2D eigenvalue weighted by molar-refractivity contribution is 0.0915. The average Bonchev–Trinajstić information content (AvgIpc) is 2.79. The first-order valence-electron chi connectivity index (χ1n) is 7.06. The Balaban J connectivity index is 1.94. The number of carbonyl (C=O) groups is 1. The lowest BCUT2D eigenvalue weighted by Gasteiger charge is -2.30. The molecule has 1 saturated heterocycles. The molecule has 7 heteroatoms. The van der Waals surface area contributed by atoms with Gasteiger partial charge in [0.15, 0.2) is 0 Å². The summed E-state index contributed by atoms with van der Waals surface area (Å²) in [7, 11) is 0. The van der Waals surface area contributed by atoms with Crippen molar-refractivity contribution in [2.45, 2.75) is 26.3 Å². The first-order valence-corrected chi connectivity index (χ1v) is 7.06. The van der Waals surface area contributed by atoms with Crippen LogP contribution in [-0.2, 0) is 0 Å². The van der Waals surface area contributed by atoms with E-state index in [0.717, 1.165) is 19.5 Å². The van der Waals surface area contributed by atoms with E-state index in [-0.39, 0.29) is 34.2 Å². The highest BCUT2D eigenvalue weighted by atomic mass is 16.3. The molecule has 0 spiro atoms. The van der Waals surface area contributed by atoms with Crippen molar-refractivity contribution < 1.29 is 9.21 Å². The summed E-state index contributed by atoms with van der Waals surface area (Å²) in [4.78, 5) is 30.9. The van der Waals surface area contributed by atoms with E-state index in [4.69, 9.17) is 4.42 Å². The highest BCUT2D eigenvalue weighted by Gasteiger charge is 2.27. The molecular weight excluding hydrogens is 272 g/mol. The molecule has 3 rings (SSSR count). The zero-order valence-corrected chi connectivity index (χ0v) is 12.0. The van der Waals surface area contributed by atoms with E-state index in [9.17, 15) is 9.59 Å². The Bertz CT molecular complexity index is 733. The second-order valence-corrected chi connectivity index (χ2v) is 5.50. The van der Waals surface area contributed by atoms with Crippen molar-refractivity contribution in [2.24, 2.45) is 5.92 Å². The Morgan fingerprint density at radius 1 is 1.52 bits per heavy atom. The zero-order valence-electron chi connectivity index (χ0n) is 12.0. The summed E-state index contributed by atoms with van der Waals surface area (Å²) < 4.78 is 5.41. The van der Waals surface area contributed by atoms with Gasteiger partial charge in [-0.15, -0.1) is 0 Å². The normalized spacial score (nSPS) is 22.4. The maximum absolute atomic E-state index is 12.5. The third-order valence-corrected chi connectivity index (χ3v) is 4.04. The summed E-state index contributed by atoms with van der Waals surface area (Å²) in [6, 6.07) is 0.0475. The van der Waals surface area contributed by atoms with Gasteiger partial charge in [-0.3, -0.25) is 9.59 Å². The van der Waals surface area contributed by atoms with E-state index in [1.807, 2.05) is 0 Å². The van der Waals surface area contributed by atoms with Crippen LogP contribution in [0.5, 0.6) is 0 Å². The van der Waals surface area contributed by atoms with Crippen molar-refractivity contribution in [3.63, 3.8) is 0 Å². The largest absolute Gasteiger partial charge is 0.442 e. The number of rotatable bonds is 2. The number of furan rings is 1. The molecule has 0 saturated carbocycles. The van der Waals surface area contributed by atoms with Crippen LogP contribution in [0.1, 0.15) is 29.5 Å². The van der Waals surface area contributed by atoms with E-state index in [2.05, 4.69) is 27.5 Å². The van der Waals surface area contributed by atoms with Gasteiger partial charge in [0, 0.05) is 12.6 Å². The molecular formula is C14H18N4O3. The molecule has 2 unspecified atom stereocenters. The molecule has 2 atom stereocenters. The fraction of sp³-hybridized carbons (Fsp3) is 0.500. The van der Waals surface area contributed by atoms with Gasteiger partial charge < -0.3 is 20.0 Å². The molecule has 0 bridgehead atoms. The molecule has 7 nitrogen and oxygen atoms in total. The van der Waals surface area contributed by atoms with Gasteiger partial charge in [0.25, 0.3) is 11.5 Å². The third kappa shape index (κ3) is 2.44. The first-order chi connectivity index (χ1) is 10.1. The number of aryl methyl sites for hydroxylation is 1. The molecule has 1 fully saturated rings. The van der Waals surface area contributed by atoms with Gasteiger partial charge in [-0.25, -0.2) is 4.98 Å². The van der Waals surface area contributed by atoms with Crippen molar-refractivity contribution in [3.8, 4) is 0 Å². The quantitative estimate of drug-likeness (QED) is 0.750. The first kappa shape index (κ1) is 13.8. The number of aromatic nitrogens is 2. The Labute approximate surface area is 121 Å². The molecule has 2 aromatic heterocycles. The summed E-state index contributed by atoms with van der Waals surface area (Å²) in [6.07, 6.45) is 2.28. The van der Waals surface area contributed by atoms with E-state index >= 15 is 0 Å². The van der Waals surface area contributed by atoms with Crippen LogP contribution in [0.25, 0.3) is 11.1 Å². The van der Waals surface area contributed by atoms with Gasteiger partial charge in [0.1, 0.15) is 11.1 Å².